The minimum Gasteiger partial charge on any atom is -0.478 e. The molecule has 3 saturated heterocycles. The third-order valence-electron chi connectivity index (χ3n) is 5.17. The normalized spacial score (nSPS) is 25.8. The van der Waals surface area contributed by atoms with E-state index in [4.69, 9.17) is 0 Å². The molecule has 1 N–H and O–H groups in total. The lowest BCUT2D eigenvalue weighted by atomic mass is 9.76. The molecule has 5 heterocycles. The number of thiazole rings is 1. The van der Waals surface area contributed by atoms with Crippen LogP contribution in [0.25, 0.3) is 5.13 Å². The van der Waals surface area contributed by atoms with Crippen molar-refractivity contribution in [3.8, 4) is 5.13 Å². The number of hydrogen-bond donors (Lipinski definition) is 1. The van der Waals surface area contributed by atoms with Crippen molar-refractivity contribution in [2.75, 3.05) is 19.6 Å². The number of carboxylic acids is 1. The van der Waals surface area contributed by atoms with E-state index in [1.54, 1.807) is 6.20 Å². The molecular formula is C17H19N3O3S. The molecule has 7 heteroatoms. The Kier molecular flexibility index (Phi) is 3.77. The molecule has 2 bridgehead atoms. The molecule has 1 unspecified atom stereocenters. The van der Waals surface area contributed by atoms with Gasteiger partial charge in [-0.2, -0.15) is 0 Å². The fourth-order valence-corrected chi connectivity index (χ4v) is 4.80. The Balaban J connectivity index is 1.94. The van der Waals surface area contributed by atoms with Gasteiger partial charge in [-0.25, -0.2) is 9.78 Å². The highest BCUT2D eigenvalue weighted by atomic mass is 32.1. The molecular weight excluding hydrogens is 326 g/mol. The van der Waals surface area contributed by atoms with Gasteiger partial charge in [-0.05, 0) is 44.8 Å². The quantitative estimate of drug-likeness (QED) is 0.922. The number of carbonyl (C=O) groups is 1. The van der Waals surface area contributed by atoms with E-state index in [0.29, 0.717) is 16.7 Å². The zero-order chi connectivity index (χ0) is 16.8. The van der Waals surface area contributed by atoms with Gasteiger partial charge in [0.15, 0.2) is 5.13 Å². The van der Waals surface area contributed by atoms with Crippen LogP contribution in [0, 0.1) is 12.8 Å². The van der Waals surface area contributed by atoms with Crippen LogP contribution in [0.5, 0.6) is 0 Å². The van der Waals surface area contributed by atoms with Gasteiger partial charge in [-0.15, -0.1) is 11.3 Å². The SMILES string of the molecule is Cc1cnc(-n2c(C3CN4CCC3CC4)c(C(=O)O)ccc2=O)s1. The molecule has 5 rings (SSSR count). The van der Waals surface area contributed by atoms with Gasteiger partial charge in [0, 0.05) is 35.3 Å². The highest BCUT2D eigenvalue weighted by Gasteiger charge is 2.39. The van der Waals surface area contributed by atoms with Crippen LogP contribution < -0.4 is 5.56 Å². The molecule has 3 fully saturated rings. The standard InChI is InChI=1S/C17H19N3O3S/c1-10-8-18-17(24-10)20-14(21)3-2-12(16(22)23)15(20)13-9-19-6-4-11(13)5-7-19/h2-3,8,11,13H,4-7,9H2,1H3,(H,22,23). The number of aromatic nitrogens is 2. The van der Waals surface area contributed by atoms with Crippen LogP contribution >= 0.6 is 11.3 Å². The minimum absolute atomic E-state index is 0.0664. The van der Waals surface area contributed by atoms with Gasteiger partial charge in [0.2, 0.25) is 0 Å². The van der Waals surface area contributed by atoms with E-state index in [2.05, 4.69) is 9.88 Å². The average Bonchev–Trinajstić information content (AvgIpc) is 3.01. The van der Waals surface area contributed by atoms with E-state index < -0.39 is 5.97 Å². The fourth-order valence-electron chi connectivity index (χ4n) is 4.02. The van der Waals surface area contributed by atoms with E-state index in [0.717, 1.165) is 37.4 Å². The minimum atomic E-state index is -0.983. The second-order valence-electron chi connectivity index (χ2n) is 6.61. The number of aryl methyl sites for hydroxylation is 1. The summed E-state index contributed by atoms with van der Waals surface area (Å²) in [7, 11) is 0. The van der Waals surface area contributed by atoms with Gasteiger partial charge >= 0.3 is 5.97 Å². The van der Waals surface area contributed by atoms with Crippen molar-refractivity contribution in [2.45, 2.75) is 25.7 Å². The topological polar surface area (TPSA) is 75.4 Å². The van der Waals surface area contributed by atoms with Crippen molar-refractivity contribution in [1.29, 1.82) is 0 Å². The molecule has 1 atom stereocenters. The third kappa shape index (κ3) is 2.48. The maximum atomic E-state index is 12.6. The summed E-state index contributed by atoms with van der Waals surface area (Å²) >= 11 is 1.42. The molecule has 6 nitrogen and oxygen atoms in total. The van der Waals surface area contributed by atoms with E-state index in [1.807, 2.05) is 6.92 Å². The van der Waals surface area contributed by atoms with Crippen molar-refractivity contribution < 1.29 is 9.90 Å². The fraction of sp³-hybridized carbons (Fsp3) is 0.471. The number of piperidine rings is 3. The molecule has 3 aliphatic heterocycles. The first-order valence-corrected chi connectivity index (χ1v) is 9.00. The molecule has 0 aliphatic carbocycles. The Bertz CT molecular complexity index is 849. The Labute approximate surface area is 143 Å². The van der Waals surface area contributed by atoms with Crippen LogP contribution in [-0.2, 0) is 0 Å². The van der Waals surface area contributed by atoms with E-state index in [1.165, 1.54) is 28.0 Å². The molecule has 24 heavy (non-hydrogen) atoms. The molecule has 0 saturated carbocycles. The highest BCUT2D eigenvalue weighted by Crippen LogP contribution is 2.40. The highest BCUT2D eigenvalue weighted by molar-refractivity contribution is 7.14. The van der Waals surface area contributed by atoms with Crippen LogP contribution in [0.1, 0.15) is 39.7 Å². The van der Waals surface area contributed by atoms with Crippen LogP contribution in [0.15, 0.2) is 23.1 Å². The zero-order valence-corrected chi connectivity index (χ0v) is 14.3. The number of nitrogens with zero attached hydrogens (tertiary/aromatic N) is 3. The van der Waals surface area contributed by atoms with Gasteiger partial charge < -0.3 is 10.0 Å². The van der Waals surface area contributed by atoms with Crippen molar-refractivity contribution in [3.63, 3.8) is 0 Å². The summed E-state index contributed by atoms with van der Waals surface area (Å²) in [6, 6.07) is 2.79. The second-order valence-corrected chi connectivity index (χ2v) is 7.82. The summed E-state index contributed by atoms with van der Waals surface area (Å²) in [4.78, 5) is 32.1. The zero-order valence-electron chi connectivity index (χ0n) is 13.4. The maximum Gasteiger partial charge on any atom is 0.337 e. The smallest absolute Gasteiger partial charge is 0.337 e. The molecule has 0 spiro atoms. The molecule has 2 aromatic heterocycles. The first-order valence-electron chi connectivity index (χ1n) is 8.19. The lowest BCUT2D eigenvalue weighted by Gasteiger charge is -2.45. The number of rotatable bonds is 3. The predicted octanol–water partition coefficient (Wildman–Crippen LogP) is 2.11. The molecule has 0 amide bonds. The monoisotopic (exact) mass is 345 g/mol. The van der Waals surface area contributed by atoms with Gasteiger partial charge in [0.05, 0.1) is 5.56 Å². The molecule has 0 aromatic carbocycles. The second kappa shape index (κ2) is 5.82. The predicted molar refractivity (Wildman–Crippen MR) is 91.3 cm³/mol. The van der Waals surface area contributed by atoms with Crippen molar-refractivity contribution >= 4 is 17.3 Å². The molecule has 0 radical (unpaired) electrons. The van der Waals surface area contributed by atoms with Gasteiger partial charge in [-0.1, -0.05) is 0 Å². The van der Waals surface area contributed by atoms with Gasteiger partial charge in [0.25, 0.3) is 5.56 Å². The third-order valence-corrected chi connectivity index (χ3v) is 6.07. The summed E-state index contributed by atoms with van der Waals surface area (Å²) < 4.78 is 1.54. The van der Waals surface area contributed by atoms with Crippen LogP contribution in [0.4, 0.5) is 0 Å². The largest absolute Gasteiger partial charge is 0.478 e. The summed E-state index contributed by atoms with van der Waals surface area (Å²) in [6.45, 7) is 4.88. The molecule has 126 valence electrons. The molecule has 3 aliphatic rings. The Morgan fingerprint density at radius 2 is 2.08 bits per heavy atom. The average molecular weight is 345 g/mol. The number of pyridine rings is 1. The van der Waals surface area contributed by atoms with Crippen molar-refractivity contribution in [3.05, 3.63) is 44.8 Å². The van der Waals surface area contributed by atoms with Crippen LogP contribution in [0.3, 0.4) is 0 Å². The number of hydrogen-bond acceptors (Lipinski definition) is 5. The first kappa shape index (κ1) is 15.5. The maximum absolute atomic E-state index is 12.6. The van der Waals surface area contributed by atoms with Crippen molar-refractivity contribution in [2.24, 2.45) is 5.92 Å². The lowest BCUT2D eigenvalue weighted by molar-refractivity contribution is 0.0674. The number of fused-ring (bicyclic) bond motifs is 3. The van der Waals surface area contributed by atoms with Gasteiger partial charge in [0.1, 0.15) is 0 Å². The van der Waals surface area contributed by atoms with E-state index in [9.17, 15) is 14.7 Å². The number of aromatic carboxylic acids is 1. The van der Waals surface area contributed by atoms with E-state index >= 15 is 0 Å². The van der Waals surface area contributed by atoms with E-state index in [-0.39, 0.29) is 17.0 Å². The van der Waals surface area contributed by atoms with Crippen LogP contribution in [-0.4, -0.2) is 45.2 Å². The Morgan fingerprint density at radius 1 is 1.33 bits per heavy atom. The lowest BCUT2D eigenvalue weighted by Crippen LogP contribution is -2.47. The summed E-state index contributed by atoms with van der Waals surface area (Å²) in [5.74, 6) is -0.484. The Hall–Kier alpha value is -1.99. The van der Waals surface area contributed by atoms with Crippen molar-refractivity contribution in [1.82, 2.24) is 14.5 Å². The van der Waals surface area contributed by atoms with Gasteiger partial charge in [-0.3, -0.25) is 9.36 Å². The summed E-state index contributed by atoms with van der Waals surface area (Å²) in [5, 5.41) is 10.3. The first-order chi connectivity index (χ1) is 11.5. The molecule has 2 aromatic rings. The number of carboxylic acid groups (broad SMARTS) is 1. The Morgan fingerprint density at radius 3 is 2.62 bits per heavy atom. The summed E-state index contributed by atoms with van der Waals surface area (Å²) in [6.07, 6.45) is 3.84. The summed E-state index contributed by atoms with van der Waals surface area (Å²) in [5.41, 5.74) is 0.640. The van der Waals surface area contributed by atoms with Crippen LogP contribution in [0.2, 0.25) is 0 Å².